The molecular formula is C17H13ClN2O3. The quantitative estimate of drug-likeness (QED) is 0.547. The number of benzene rings is 2. The lowest BCUT2D eigenvalue weighted by atomic mass is 10.1. The summed E-state index contributed by atoms with van der Waals surface area (Å²) in [5.41, 5.74) is -0.135. The van der Waals surface area contributed by atoms with Crippen LogP contribution in [0.1, 0.15) is 17.4 Å². The summed E-state index contributed by atoms with van der Waals surface area (Å²) in [6, 6.07) is 13.4. The molecule has 2 aromatic carbocycles. The highest BCUT2D eigenvalue weighted by Gasteiger charge is 2.18. The van der Waals surface area contributed by atoms with Gasteiger partial charge in [0.05, 0.1) is 5.39 Å². The Morgan fingerprint density at radius 3 is 2.61 bits per heavy atom. The van der Waals surface area contributed by atoms with Crippen molar-refractivity contribution in [3.63, 3.8) is 0 Å². The van der Waals surface area contributed by atoms with E-state index in [2.05, 4.69) is 5.10 Å². The lowest BCUT2D eigenvalue weighted by Crippen LogP contribution is -2.26. The molecule has 0 N–H and O–H groups in total. The molecule has 0 aliphatic heterocycles. The minimum atomic E-state index is -0.634. The summed E-state index contributed by atoms with van der Waals surface area (Å²) >= 11 is 5.89. The fourth-order valence-corrected chi connectivity index (χ4v) is 2.47. The summed E-state index contributed by atoms with van der Waals surface area (Å²) in [5.74, 6) is -0.312. The maximum Gasteiger partial charge on any atom is 0.364 e. The third-order valence-corrected chi connectivity index (χ3v) is 3.60. The van der Waals surface area contributed by atoms with E-state index in [0.717, 1.165) is 0 Å². The topological polar surface area (TPSA) is 61.2 Å². The molecule has 0 bridgehead atoms. The zero-order chi connectivity index (χ0) is 16.4. The summed E-state index contributed by atoms with van der Waals surface area (Å²) in [6.45, 7) is 2.15. The predicted octanol–water partition coefficient (Wildman–Crippen LogP) is 3.29. The molecule has 3 aromatic rings. The maximum atomic E-state index is 12.5. The van der Waals surface area contributed by atoms with Crippen LogP contribution in [0, 0.1) is 0 Å². The van der Waals surface area contributed by atoms with Crippen LogP contribution in [0.5, 0.6) is 5.75 Å². The van der Waals surface area contributed by atoms with Crippen LogP contribution in [-0.4, -0.2) is 15.7 Å². The number of aromatic nitrogens is 2. The number of carbonyl (C=O) groups excluding carboxylic acids is 1. The van der Waals surface area contributed by atoms with Crippen LogP contribution in [-0.2, 0) is 6.54 Å². The standard InChI is InChI=1S/C17H13ClN2O3/c1-2-20-16(21)14-9-4-3-8-13(14)15(19-20)17(22)23-12-7-5-6-11(18)10-12/h3-10H,2H2,1H3. The molecule has 116 valence electrons. The van der Waals surface area contributed by atoms with Gasteiger partial charge in [-0.2, -0.15) is 5.10 Å². The van der Waals surface area contributed by atoms with Crippen LogP contribution in [0.4, 0.5) is 0 Å². The number of fused-ring (bicyclic) bond motifs is 1. The van der Waals surface area contributed by atoms with E-state index in [4.69, 9.17) is 16.3 Å². The van der Waals surface area contributed by atoms with Crippen LogP contribution >= 0.6 is 11.6 Å². The number of rotatable bonds is 3. The summed E-state index contributed by atoms with van der Waals surface area (Å²) in [4.78, 5) is 24.7. The second-order valence-corrected chi connectivity index (χ2v) is 5.30. The third kappa shape index (κ3) is 2.96. The van der Waals surface area contributed by atoms with Gasteiger partial charge < -0.3 is 4.74 Å². The molecule has 0 amide bonds. The van der Waals surface area contributed by atoms with Crippen molar-refractivity contribution in [3.8, 4) is 5.75 Å². The SMILES string of the molecule is CCn1nc(C(=O)Oc2cccc(Cl)c2)c2ccccc2c1=O. The Labute approximate surface area is 137 Å². The maximum absolute atomic E-state index is 12.5. The Kier molecular flexibility index (Phi) is 4.12. The second-order valence-electron chi connectivity index (χ2n) is 4.86. The molecule has 0 fully saturated rings. The first-order chi connectivity index (χ1) is 11.1. The third-order valence-electron chi connectivity index (χ3n) is 3.37. The lowest BCUT2D eigenvalue weighted by Gasteiger charge is -2.09. The molecule has 5 nitrogen and oxygen atoms in total. The zero-order valence-electron chi connectivity index (χ0n) is 12.3. The molecule has 0 aliphatic rings. The van der Waals surface area contributed by atoms with Gasteiger partial charge in [0.1, 0.15) is 5.75 Å². The van der Waals surface area contributed by atoms with Crippen LogP contribution in [0.3, 0.4) is 0 Å². The average Bonchev–Trinajstić information content (AvgIpc) is 2.55. The van der Waals surface area contributed by atoms with E-state index < -0.39 is 5.97 Å². The minimum absolute atomic E-state index is 0.0991. The highest BCUT2D eigenvalue weighted by atomic mass is 35.5. The van der Waals surface area contributed by atoms with E-state index in [1.165, 1.54) is 10.7 Å². The summed E-state index contributed by atoms with van der Waals surface area (Å²) < 4.78 is 6.57. The fourth-order valence-electron chi connectivity index (χ4n) is 2.29. The van der Waals surface area contributed by atoms with E-state index in [0.29, 0.717) is 28.1 Å². The summed E-state index contributed by atoms with van der Waals surface area (Å²) in [5, 5.41) is 5.50. The van der Waals surface area contributed by atoms with Crippen molar-refractivity contribution >= 4 is 28.3 Å². The number of nitrogens with zero attached hydrogens (tertiary/aromatic N) is 2. The molecule has 0 saturated carbocycles. The minimum Gasteiger partial charge on any atom is -0.422 e. The number of esters is 1. The molecule has 0 spiro atoms. The van der Waals surface area contributed by atoms with Gasteiger partial charge in [-0.25, -0.2) is 9.48 Å². The number of ether oxygens (including phenoxy) is 1. The van der Waals surface area contributed by atoms with E-state index in [1.807, 2.05) is 0 Å². The molecule has 0 radical (unpaired) electrons. The van der Waals surface area contributed by atoms with Crippen molar-refractivity contribution in [1.82, 2.24) is 9.78 Å². The van der Waals surface area contributed by atoms with Gasteiger partial charge in [0, 0.05) is 17.0 Å². The summed E-state index contributed by atoms with van der Waals surface area (Å²) in [7, 11) is 0. The Morgan fingerprint density at radius 2 is 1.91 bits per heavy atom. The molecule has 0 saturated heterocycles. The van der Waals surface area contributed by atoms with Crippen molar-refractivity contribution in [1.29, 1.82) is 0 Å². The van der Waals surface area contributed by atoms with E-state index >= 15 is 0 Å². The van der Waals surface area contributed by atoms with Crippen molar-refractivity contribution in [2.75, 3.05) is 0 Å². The molecule has 6 heteroatoms. The van der Waals surface area contributed by atoms with Gasteiger partial charge in [0.25, 0.3) is 5.56 Å². The number of hydrogen-bond donors (Lipinski definition) is 0. The molecular weight excluding hydrogens is 316 g/mol. The first kappa shape index (κ1) is 15.2. The van der Waals surface area contributed by atoms with Crippen LogP contribution in [0.15, 0.2) is 53.3 Å². The van der Waals surface area contributed by atoms with Gasteiger partial charge in [-0.3, -0.25) is 4.79 Å². The van der Waals surface area contributed by atoms with Crippen molar-refractivity contribution < 1.29 is 9.53 Å². The Bertz CT molecular complexity index is 950. The highest BCUT2D eigenvalue weighted by molar-refractivity contribution is 6.30. The largest absolute Gasteiger partial charge is 0.422 e. The van der Waals surface area contributed by atoms with Crippen LogP contribution in [0.25, 0.3) is 10.8 Å². The van der Waals surface area contributed by atoms with Gasteiger partial charge >= 0.3 is 5.97 Å². The van der Waals surface area contributed by atoms with Crippen LogP contribution < -0.4 is 10.3 Å². The molecule has 1 heterocycles. The Morgan fingerprint density at radius 1 is 1.17 bits per heavy atom. The van der Waals surface area contributed by atoms with Gasteiger partial charge in [-0.1, -0.05) is 35.9 Å². The van der Waals surface area contributed by atoms with Gasteiger partial charge in [0.2, 0.25) is 0 Å². The molecule has 0 aliphatic carbocycles. The van der Waals surface area contributed by atoms with Gasteiger partial charge in [-0.05, 0) is 31.2 Å². The Balaban J connectivity index is 2.10. The molecule has 23 heavy (non-hydrogen) atoms. The van der Waals surface area contributed by atoms with E-state index in [1.54, 1.807) is 49.4 Å². The molecule has 1 aromatic heterocycles. The van der Waals surface area contributed by atoms with E-state index in [9.17, 15) is 9.59 Å². The zero-order valence-corrected chi connectivity index (χ0v) is 13.1. The average molecular weight is 329 g/mol. The second kappa shape index (κ2) is 6.22. The molecule has 0 unspecified atom stereocenters. The first-order valence-electron chi connectivity index (χ1n) is 7.07. The fraction of sp³-hybridized carbons (Fsp3) is 0.118. The predicted molar refractivity (Wildman–Crippen MR) is 88.1 cm³/mol. The Hall–Kier alpha value is -2.66. The molecule has 0 atom stereocenters. The number of carbonyl (C=O) groups is 1. The highest BCUT2D eigenvalue weighted by Crippen LogP contribution is 2.20. The smallest absolute Gasteiger partial charge is 0.364 e. The van der Waals surface area contributed by atoms with Crippen LogP contribution in [0.2, 0.25) is 5.02 Å². The normalized spacial score (nSPS) is 10.7. The number of aryl methyl sites for hydroxylation is 1. The van der Waals surface area contributed by atoms with E-state index in [-0.39, 0.29) is 11.3 Å². The number of hydrogen-bond acceptors (Lipinski definition) is 4. The lowest BCUT2D eigenvalue weighted by molar-refractivity contribution is 0.0728. The van der Waals surface area contributed by atoms with Crippen molar-refractivity contribution in [2.45, 2.75) is 13.5 Å². The van der Waals surface area contributed by atoms with Gasteiger partial charge in [0.15, 0.2) is 5.69 Å². The van der Waals surface area contributed by atoms with Gasteiger partial charge in [-0.15, -0.1) is 0 Å². The monoisotopic (exact) mass is 328 g/mol. The first-order valence-corrected chi connectivity index (χ1v) is 7.45. The van der Waals surface area contributed by atoms with Crippen molar-refractivity contribution in [3.05, 3.63) is 69.6 Å². The van der Waals surface area contributed by atoms with Crippen molar-refractivity contribution in [2.24, 2.45) is 0 Å². The molecule has 3 rings (SSSR count). The number of halogens is 1. The summed E-state index contributed by atoms with van der Waals surface area (Å²) in [6.07, 6.45) is 0.